The first kappa shape index (κ1) is 24.3. The van der Waals surface area contributed by atoms with Crippen LogP contribution in [0.1, 0.15) is 22.4 Å². The van der Waals surface area contributed by atoms with E-state index in [1.165, 1.54) is 33.8 Å². The fourth-order valence-corrected chi connectivity index (χ4v) is 3.06. The van der Waals surface area contributed by atoms with E-state index in [1.807, 2.05) is 24.3 Å². The predicted molar refractivity (Wildman–Crippen MR) is 119 cm³/mol. The summed E-state index contributed by atoms with van der Waals surface area (Å²) in [7, 11) is 0. The number of para-hydroxylation sites is 1. The number of hydroxylamine groups is 1. The molecule has 0 aliphatic heterocycles. The van der Waals surface area contributed by atoms with Gasteiger partial charge in [-0.2, -0.15) is 0 Å². The molecule has 3 aromatic rings. The van der Waals surface area contributed by atoms with E-state index < -0.39 is 17.8 Å². The summed E-state index contributed by atoms with van der Waals surface area (Å²) in [4.78, 5) is 32.6. The first-order chi connectivity index (χ1) is 15.3. The molecule has 1 heterocycles. The highest BCUT2D eigenvalue weighted by atomic mass is 16.5. The highest BCUT2D eigenvalue weighted by Crippen LogP contribution is 2.21. The number of aliphatic carboxylic acids is 2. The van der Waals surface area contributed by atoms with Gasteiger partial charge in [0.15, 0.2) is 0 Å². The summed E-state index contributed by atoms with van der Waals surface area (Å²) in [5.74, 6) is -4.19. The Balaban J connectivity index is 0.000000534. The van der Waals surface area contributed by atoms with Gasteiger partial charge in [0.2, 0.25) is 0 Å². The zero-order valence-corrected chi connectivity index (χ0v) is 17.5. The second kappa shape index (κ2) is 12.0. The second-order valence-electron chi connectivity index (χ2n) is 6.86. The third-order valence-electron chi connectivity index (χ3n) is 4.61. The number of rotatable bonds is 7. The van der Waals surface area contributed by atoms with Gasteiger partial charge in [-0.15, -0.1) is 0 Å². The van der Waals surface area contributed by atoms with Crippen LogP contribution in [0.3, 0.4) is 0 Å². The van der Waals surface area contributed by atoms with Crippen LogP contribution < -0.4 is 10.8 Å². The number of fused-ring (bicyclic) bond motifs is 1. The number of carbonyl (C=O) groups is 3. The Morgan fingerprint density at radius 1 is 1.00 bits per heavy atom. The Kier molecular flexibility index (Phi) is 9.15. The van der Waals surface area contributed by atoms with Crippen molar-refractivity contribution in [2.45, 2.75) is 19.9 Å². The first-order valence-electron chi connectivity index (χ1n) is 9.76. The number of hydrogen-bond acceptors (Lipinski definition) is 5. The Labute approximate surface area is 184 Å². The maximum atomic E-state index is 11.0. The quantitative estimate of drug-likeness (QED) is 0.109. The molecule has 0 spiro atoms. The number of aryl methyl sites for hydroxylation is 1. The standard InChI is InChI=1S/C21H23N3O2.C2H2O4/c1-15-18(19-4-2-3-5-20(19)23-15)12-13-22-14-17-8-6-16(7-9-17)10-11-21(25)24-26;3-1(4)2(5)6/h2-11,22-23,26H,12-14H2,1H3,(H,24,25);(H,3,4)(H,5,6)/b11-10+;. The van der Waals surface area contributed by atoms with Crippen molar-refractivity contribution >= 4 is 34.8 Å². The van der Waals surface area contributed by atoms with Crippen LogP contribution in [-0.4, -0.2) is 44.8 Å². The van der Waals surface area contributed by atoms with Gasteiger partial charge in [0.1, 0.15) is 0 Å². The molecule has 3 rings (SSSR count). The van der Waals surface area contributed by atoms with Gasteiger partial charge in [0.25, 0.3) is 5.91 Å². The van der Waals surface area contributed by atoms with E-state index in [4.69, 9.17) is 25.0 Å². The van der Waals surface area contributed by atoms with E-state index in [0.717, 1.165) is 25.1 Å². The number of aromatic nitrogens is 1. The van der Waals surface area contributed by atoms with Gasteiger partial charge in [-0.1, -0.05) is 42.5 Å². The molecule has 0 saturated heterocycles. The number of carboxylic acids is 2. The Morgan fingerprint density at radius 3 is 2.28 bits per heavy atom. The summed E-state index contributed by atoms with van der Waals surface area (Å²) in [5, 5.41) is 28.0. The lowest BCUT2D eigenvalue weighted by molar-refractivity contribution is -0.159. The molecule has 0 aliphatic rings. The number of aromatic amines is 1. The van der Waals surface area contributed by atoms with Crippen LogP contribution in [0.5, 0.6) is 0 Å². The summed E-state index contributed by atoms with van der Waals surface area (Å²) in [6.45, 7) is 3.82. The van der Waals surface area contributed by atoms with Gasteiger partial charge < -0.3 is 20.5 Å². The smallest absolute Gasteiger partial charge is 0.414 e. The van der Waals surface area contributed by atoms with E-state index in [9.17, 15) is 4.79 Å². The Bertz CT molecular complexity index is 1090. The highest BCUT2D eigenvalue weighted by molar-refractivity contribution is 6.27. The summed E-state index contributed by atoms with van der Waals surface area (Å²) in [6.07, 6.45) is 3.92. The first-order valence-corrected chi connectivity index (χ1v) is 9.76. The Hall–Kier alpha value is -3.95. The molecule has 1 amide bonds. The molecule has 2 aromatic carbocycles. The maximum Gasteiger partial charge on any atom is 0.414 e. The molecular formula is C23H25N3O6. The predicted octanol–water partition coefficient (Wildman–Crippen LogP) is 2.48. The molecule has 6 N–H and O–H groups in total. The summed E-state index contributed by atoms with van der Waals surface area (Å²) in [6, 6.07) is 16.4. The Morgan fingerprint density at radius 2 is 1.66 bits per heavy atom. The molecule has 32 heavy (non-hydrogen) atoms. The van der Waals surface area contributed by atoms with Crippen molar-refractivity contribution < 1.29 is 29.8 Å². The topological polar surface area (TPSA) is 152 Å². The number of nitrogens with one attached hydrogen (secondary N) is 3. The van der Waals surface area contributed by atoms with Crippen LogP contribution in [0, 0.1) is 6.92 Å². The normalized spacial score (nSPS) is 10.6. The zero-order chi connectivity index (χ0) is 23.5. The summed E-state index contributed by atoms with van der Waals surface area (Å²) < 4.78 is 0. The summed E-state index contributed by atoms with van der Waals surface area (Å²) in [5.41, 5.74) is 7.46. The molecule has 0 aliphatic carbocycles. The molecule has 1 aromatic heterocycles. The highest BCUT2D eigenvalue weighted by Gasteiger charge is 2.07. The van der Waals surface area contributed by atoms with Crippen molar-refractivity contribution in [2.75, 3.05) is 6.54 Å². The molecule has 9 nitrogen and oxygen atoms in total. The number of amides is 1. The van der Waals surface area contributed by atoms with Crippen LogP contribution in [0.2, 0.25) is 0 Å². The molecule has 0 radical (unpaired) electrons. The molecule has 0 bridgehead atoms. The van der Waals surface area contributed by atoms with Crippen LogP contribution in [0.4, 0.5) is 0 Å². The monoisotopic (exact) mass is 439 g/mol. The lowest BCUT2D eigenvalue weighted by Crippen LogP contribution is -2.16. The van der Waals surface area contributed by atoms with Gasteiger partial charge >= 0.3 is 11.9 Å². The molecular weight excluding hydrogens is 414 g/mol. The van der Waals surface area contributed by atoms with Crippen molar-refractivity contribution in [1.29, 1.82) is 0 Å². The minimum atomic E-state index is -1.82. The third kappa shape index (κ3) is 7.38. The fraction of sp³-hybridized carbons (Fsp3) is 0.174. The lowest BCUT2D eigenvalue weighted by Gasteiger charge is -2.06. The fourth-order valence-electron chi connectivity index (χ4n) is 3.06. The largest absolute Gasteiger partial charge is 0.473 e. The van der Waals surface area contributed by atoms with Crippen molar-refractivity contribution in [3.8, 4) is 0 Å². The van der Waals surface area contributed by atoms with Crippen molar-refractivity contribution in [2.24, 2.45) is 0 Å². The average Bonchev–Trinajstić information content (AvgIpc) is 3.11. The number of carboxylic acid groups (broad SMARTS) is 2. The average molecular weight is 439 g/mol. The van der Waals surface area contributed by atoms with E-state index in [0.29, 0.717) is 0 Å². The van der Waals surface area contributed by atoms with Crippen LogP contribution in [0.15, 0.2) is 54.6 Å². The summed E-state index contributed by atoms with van der Waals surface area (Å²) >= 11 is 0. The van der Waals surface area contributed by atoms with Crippen LogP contribution >= 0.6 is 0 Å². The number of benzene rings is 2. The number of carbonyl (C=O) groups excluding carboxylic acids is 1. The van der Waals surface area contributed by atoms with Crippen molar-refractivity contribution in [1.82, 2.24) is 15.8 Å². The van der Waals surface area contributed by atoms with E-state index in [-0.39, 0.29) is 0 Å². The van der Waals surface area contributed by atoms with Gasteiger partial charge in [-0.05, 0) is 48.7 Å². The maximum absolute atomic E-state index is 11.0. The SMILES string of the molecule is Cc1[nH]c2ccccc2c1CCNCc1ccc(/C=C/C(=O)NO)cc1.O=C(O)C(=O)O. The van der Waals surface area contributed by atoms with Crippen molar-refractivity contribution in [3.05, 3.63) is 77.0 Å². The second-order valence-corrected chi connectivity index (χ2v) is 6.86. The van der Waals surface area contributed by atoms with Gasteiger partial charge in [-0.3, -0.25) is 10.0 Å². The van der Waals surface area contributed by atoms with E-state index >= 15 is 0 Å². The lowest BCUT2D eigenvalue weighted by atomic mass is 10.1. The minimum Gasteiger partial charge on any atom is -0.473 e. The molecule has 0 saturated carbocycles. The number of H-pyrrole nitrogens is 1. The number of hydrogen-bond donors (Lipinski definition) is 6. The van der Waals surface area contributed by atoms with Gasteiger partial charge in [-0.25, -0.2) is 15.1 Å². The molecule has 0 unspecified atom stereocenters. The molecule has 168 valence electrons. The van der Waals surface area contributed by atoms with Gasteiger partial charge in [0, 0.05) is 29.2 Å². The zero-order valence-electron chi connectivity index (χ0n) is 17.5. The molecule has 9 heteroatoms. The molecule has 0 atom stereocenters. The molecule has 0 fully saturated rings. The van der Waals surface area contributed by atoms with Crippen molar-refractivity contribution in [3.63, 3.8) is 0 Å². The third-order valence-corrected chi connectivity index (χ3v) is 4.61. The van der Waals surface area contributed by atoms with Gasteiger partial charge in [0.05, 0.1) is 0 Å². The van der Waals surface area contributed by atoms with E-state index in [1.54, 1.807) is 11.6 Å². The van der Waals surface area contributed by atoms with Crippen LogP contribution in [0.25, 0.3) is 17.0 Å². The minimum absolute atomic E-state index is 0.539. The van der Waals surface area contributed by atoms with Crippen LogP contribution in [-0.2, 0) is 27.3 Å². The van der Waals surface area contributed by atoms with E-state index in [2.05, 4.69) is 41.5 Å².